The number of aryl methyl sites for hydroxylation is 3. The fourth-order valence-electron chi connectivity index (χ4n) is 1.99. The molecule has 2 aromatic carbocycles. The number of phenolic OH excluding ortho intramolecular Hbond substituents is 1. The Morgan fingerprint density at radius 1 is 1.00 bits per heavy atom. The molecule has 1 amide bonds. The summed E-state index contributed by atoms with van der Waals surface area (Å²) in [6.07, 6.45) is 0. The topological polar surface area (TPSA) is 49.3 Å². The number of hydrogen-bond donors (Lipinski definition) is 2. The van der Waals surface area contributed by atoms with E-state index in [1.807, 2.05) is 32.0 Å². The van der Waals surface area contributed by atoms with Crippen LogP contribution < -0.4 is 5.32 Å². The molecule has 2 N–H and O–H groups in total. The van der Waals surface area contributed by atoms with Crippen LogP contribution in [-0.4, -0.2) is 11.0 Å². The average molecular weight is 255 g/mol. The van der Waals surface area contributed by atoms with Crippen molar-refractivity contribution in [2.75, 3.05) is 5.32 Å². The molecular weight excluding hydrogens is 238 g/mol. The third-order valence-corrected chi connectivity index (χ3v) is 3.18. The van der Waals surface area contributed by atoms with Gasteiger partial charge in [-0.3, -0.25) is 4.79 Å². The Balaban J connectivity index is 2.28. The highest BCUT2D eigenvalue weighted by Gasteiger charge is 2.10. The van der Waals surface area contributed by atoms with Crippen molar-refractivity contribution in [3.63, 3.8) is 0 Å². The molecule has 0 saturated heterocycles. The van der Waals surface area contributed by atoms with E-state index < -0.39 is 0 Å². The van der Waals surface area contributed by atoms with Crippen molar-refractivity contribution >= 4 is 11.6 Å². The lowest BCUT2D eigenvalue weighted by Crippen LogP contribution is -2.13. The van der Waals surface area contributed by atoms with E-state index in [1.54, 1.807) is 19.1 Å². The monoisotopic (exact) mass is 255 g/mol. The van der Waals surface area contributed by atoms with Gasteiger partial charge < -0.3 is 10.4 Å². The summed E-state index contributed by atoms with van der Waals surface area (Å²) < 4.78 is 0. The third-order valence-electron chi connectivity index (χ3n) is 3.18. The predicted molar refractivity (Wildman–Crippen MR) is 76.7 cm³/mol. The zero-order valence-corrected chi connectivity index (χ0v) is 11.3. The number of carbonyl (C=O) groups is 1. The number of phenols is 1. The summed E-state index contributed by atoms with van der Waals surface area (Å²) in [5.74, 6) is 0.0316. The molecule has 3 heteroatoms. The predicted octanol–water partition coefficient (Wildman–Crippen LogP) is 3.57. The first kappa shape index (κ1) is 13.1. The standard InChI is InChI=1S/C16H17NO2/c1-10-5-4-6-11(2)15(10)17-16(19)13-7-8-14(18)12(3)9-13/h4-9,18H,1-3H3,(H,17,19). The van der Waals surface area contributed by atoms with Crippen molar-refractivity contribution in [2.24, 2.45) is 0 Å². The number of rotatable bonds is 2. The Labute approximate surface area is 112 Å². The number of para-hydroxylation sites is 1. The number of hydrogen-bond acceptors (Lipinski definition) is 2. The summed E-state index contributed by atoms with van der Waals surface area (Å²) in [5.41, 5.74) is 4.14. The van der Waals surface area contributed by atoms with Crippen LogP contribution in [0.4, 0.5) is 5.69 Å². The van der Waals surface area contributed by atoms with E-state index in [0.29, 0.717) is 11.1 Å². The molecule has 2 rings (SSSR count). The maximum atomic E-state index is 12.2. The second-order valence-corrected chi connectivity index (χ2v) is 4.72. The van der Waals surface area contributed by atoms with Crippen LogP contribution >= 0.6 is 0 Å². The normalized spacial score (nSPS) is 10.3. The molecule has 0 aromatic heterocycles. The van der Waals surface area contributed by atoms with Gasteiger partial charge in [0.1, 0.15) is 5.75 Å². The van der Waals surface area contributed by atoms with Gasteiger partial charge in [-0.05, 0) is 55.7 Å². The van der Waals surface area contributed by atoms with Crippen LogP contribution in [-0.2, 0) is 0 Å². The molecule has 0 fully saturated rings. The SMILES string of the molecule is Cc1cc(C(=O)Nc2c(C)cccc2C)ccc1O. The number of amides is 1. The van der Waals surface area contributed by atoms with Gasteiger partial charge in [0.05, 0.1) is 0 Å². The van der Waals surface area contributed by atoms with E-state index in [4.69, 9.17) is 0 Å². The Bertz CT molecular complexity index is 612. The van der Waals surface area contributed by atoms with Crippen LogP contribution in [0, 0.1) is 20.8 Å². The van der Waals surface area contributed by atoms with Crippen LogP contribution in [0.15, 0.2) is 36.4 Å². The largest absolute Gasteiger partial charge is 0.508 e. The number of benzene rings is 2. The average Bonchev–Trinajstić information content (AvgIpc) is 2.37. The van der Waals surface area contributed by atoms with Crippen LogP contribution in [0.25, 0.3) is 0 Å². The molecule has 0 radical (unpaired) electrons. The molecule has 2 aromatic rings. The third kappa shape index (κ3) is 2.76. The molecule has 0 aliphatic heterocycles. The Morgan fingerprint density at radius 3 is 2.21 bits per heavy atom. The lowest BCUT2D eigenvalue weighted by Gasteiger charge is -2.12. The van der Waals surface area contributed by atoms with Gasteiger partial charge in [0.25, 0.3) is 5.91 Å². The first-order valence-corrected chi connectivity index (χ1v) is 6.16. The minimum atomic E-state index is -0.166. The number of carbonyl (C=O) groups excluding carboxylic acids is 1. The highest BCUT2D eigenvalue weighted by molar-refractivity contribution is 6.05. The van der Waals surface area contributed by atoms with E-state index in [0.717, 1.165) is 16.8 Å². The summed E-state index contributed by atoms with van der Waals surface area (Å²) in [6, 6.07) is 10.7. The van der Waals surface area contributed by atoms with Crippen LogP contribution in [0.1, 0.15) is 27.0 Å². The highest BCUT2D eigenvalue weighted by Crippen LogP contribution is 2.22. The first-order valence-electron chi connectivity index (χ1n) is 6.16. The van der Waals surface area contributed by atoms with Crippen molar-refractivity contribution in [1.29, 1.82) is 0 Å². The first-order chi connectivity index (χ1) is 8.99. The molecule has 0 saturated carbocycles. The zero-order chi connectivity index (χ0) is 14.0. The summed E-state index contributed by atoms with van der Waals surface area (Å²) >= 11 is 0. The van der Waals surface area contributed by atoms with Gasteiger partial charge in [-0.15, -0.1) is 0 Å². The van der Waals surface area contributed by atoms with E-state index in [1.165, 1.54) is 6.07 Å². The molecule has 0 unspecified atom stereocenters. The van der Waals surface area contributed by atoms with Crippen LogP contribution in [0.3, 0.4) is 0 Å². The van der Waals surface area contributed by atoms with Gasteiger partial charge in [-0.1, -0.05) is 18.2 Å². The van der Waals surface area contributed by atoms with Crippen molar-refractivity contribution in [1.82, 2.24) is 0 Å². The van der Waals surface area contributed by atoms with Gasteiger partial charge in [-0.2, -0.15) is 0 Å². The molecule has 3 nitrogen and oxygen atoms in total. The molecule has 0 bridgehead atoms. The second-order valence-electron chi connectivity index (χ2n) is 4.72. The quantitative estimate of drug-likeness (QED) is 0.861. The van der Waals surface area contributed by atoms with E-state index >= 15 is 0 Å². The second kappa shape index (κ2) is 5.14. The molecule has 0 aliphatic rings. The molecule has 0 aliphatic carbocycles. The molecular formula is C16H17NO2. The fourth-order valence-corrected chi connectivity index (χ4v) is 1.99. The van der Waals surface area contributed by atoms with Crippen molar-refractivity contribution in [3.8, 4) is 5.75 Å². The summed E-state index contributed by atoms with van der Waals surface area (Å²) in [4.78, 5) is 12.2. The highest BCUT2D eigenvalue weighted by atomic mass is 16.3. The summed E-state index contributed by atoms with van der Waals surface area (Å²) in [7, 11) is 0. The fraction of sp³-hybridized carbons (Fsp3) is 0.188. The maximum Gasteiger partial charge on any atom is 0.255 e. The lowest BCUT2D eigenvalue weighted by atomic mass is 10.1. The van der Waals surface area contributed by atoms with E-state index in [2.05, 4.69) is 5.32 Å². The van der Waals surface area contributed by atoms with Crippen LogP contribution in [0.2, 0.25) is 0 Å². The number of anilines is 1. The van der Waals surface area contributed by atoms with Crippen LogP contribution in [0.5, 0.6) is 5.75 Å². The van der Waals surface area contributed by atoms with Gasteiger partial charge in [-0.25, -0.2) is 0 Å². The Kier molecular flexibility index (Phi) is 3.56. The van der Waals surface area contributed by atoms with Crippen molar-refractivity contribution in [2.45, 2.75) is 20.8 Å². The Hall–Kier alpha value is -2.29. The molecule has 0 heterocycles. The van der Waals surface area contributed by atoms with Crippen molar-refractivity contribution < 1.29 is 9.90 Å². The lowest BCUT2D eigenvalue weighted by molar-refractivity contribution is 0.102. The van der Waals surface area contributed by atoms with Crippen molar-refractivity contribution in [3.05, 3.63) is 58.7 Å². The van der Waals surface area contributed by atoms with Gasteiger partial charge >= 0.3 is 0 Å². The Morgan fingerprint density at radius 2 is 1.63 bits per heavy atom. The molecule has 0 spiro atoms. The zero-order valence-electron chi connectivity index (χ0n) is 11.3. The van der Waals surface area contributed by atoms with E-state index in [-0.39, 0.29) is 11.7 Å². The number of nitrogens with one attached hydrogen (secondary N) is 1. The molecule has 0 atom stereocenters. The van der Waals surface area contributed by atoms with Gasteiger partial charge in [0.15, 0.2) is 0 Å². The minimum Gasteiger partial charge on any atom is -0.508 e. The molecule has 98 valence electrons. The summed E-state index contributed by atoms with van der Waals surface area (Å²) in [6.45, 7) is 5.69. The van der Waals surface area contributed by atoms with Gasteiger partial charge in [0, 0.05) is 11.3 Å². The van der Waals surface area contributed by atoms with Gasteiger partial charge in [0.2, 0.25) is 0 Å². The minimum absolute atomic E-state index is 0.166. The van der Waals surface area contributed by atoms with E-state index in [9.17, 15) is 9.90 Å². The summed E-state index contributed by atoms with van der Waals surface area (Å²) in [5, 5.41) is 12.4. The smallest absolute Gasteiger partial charge is 0.255 e. The molecule has 19 heavy (non-hydrogen) atoms. The number of aromatic hydroxyl groups is 1. The maximum absolute atomic E-state index is 12.2.